The Balaban J connectivity index is 0.000000236. The molecule has 0 aromatic carbocycles. The van der Waals surface area contributed by atoms with Crippen molar-refractivity contribution in [3.05, 3.63) is 98.1 Å². The van der Waals surface area contributed by atoms with Crippen LogP contribution in [0.3, 0.4) is 0 Å². The van der Waals surface area contributed by atoms with E-state index in [-0.39, 0.29) is 22.5 Å². The molecule has 302 valence electrons. The largest absolute Gasteiger partial charge is 2.00 e. The predicted octanol–water partition coefficient (Wildman–Crippen LogP) is 5.79. The van der Waals surface area contributed by atoms with Crippen LogP contribution >= 0.6 is 23.5 Å². The van der Waals surface area contributed by atoms with E-state index in [0.29, 0.717) is 0 Å². The Bertz CT molecular complexity index is 1710. The van der Waals surface area contributed by atoms with Gasteiger partial charge in [-0.25, -0.2) is 28.7 Å². The molecule has 2 aliphatic heterocycles. The number of anilines is 2. The van der Waals surface area contributed by atoms with Crippen LogP contribution < -0.4 is 9.80 Å². The Morgan fingerprint density at radius 1 is 0.446 bits per heavy atom. The molecule has 56 heavy (non-hydrogen) atoms. The maximum atomic E-state index is 9.75. The maximum Gasteiger partial charge on any atom is 2.00 e. The Hall–Kier alpha value is -4.51. The second kappa shape index (κ2) is 21.7. The predicted molar refractivity (Wildman–Crippen MR) is 200 cm³/mol. The van der Waals surface area contributed by atoms with Crippen LogP contribution in [0.4, 0.5) is 45.9 Å². The molecule has 2 N–H and O–H groups in total. The monoisotopic (exact) mass is 872 g/mol. The van der Waals surface area contributed by atoms with E-state index in [0.717, 1.165) is 72.5 Å². The quantitative estimate of drug-likeness (QED) is 0.150. The Morgan fingerprint density at radius 3 is 0.875 bits per heavy atom. The number of hydrogen-bond donors (Lipinski definition) is 0. The van der Waals surface area contributed by atoms with Crippen molar-refractivity contribution < 1.29 is 57.1 Å². The van der Waals surface area contributed by atoms with Crippen LogP contribution in [0.2, 0.25) is 0 Å². The van der Waals surface area contributed by atoms with Gasteiger partial charge in [-0.3, -0.25) is 0 Å². The van der Waals surface area contributed by atoms with Gasteiger partial charge in [-0.05, 0) is 24.3 Å². The maximum absolute atomic E-state index is 9.75. The fraction of sp³-hybridized carbons (Fsp3) is 0.267. The second-order valence-corrected chi connectivity index (χ2v) is 13.5. The van der Waals surface area contributed by atoms with Gasteiger partial charge in [-0.1, -0.05) is 0 Å². The van der Waals surface area contributed by atoms with Crippen molar-refractivity contribution in [2.45, 2.75) is 0 Å². The van der Waals surface area contributed by atoms with Crippen LogP contribution in [0, 0.1) is 0 Å². The Kier molecular flexibility index (Phi) is 17.8. The van der Waals surface area contributed by atoms with Crippen molar-refractivity contribution in [3.63, 3.8) is 0 Å². The first-order chi connectivity index (χ1) is 25.8. The van der Waals surface area contributed by atoms with Crippen LogP contribution in [0.25, 0.3) is 23.3 Å². The van der Waals surface area contributed by atoms with Gasteiger partial charge in [0.15, 0.2) is 23.3 Å². The molecule has 0 unspecified atom stereocenters. The molecular weight excluding hydrogens is 838 g/mol. The summed E-state index contributed by atoms with van der Waals surface area (Å²) in [5.74, 6) is 7.90. The Morgan fingerprint density at radius 2 is 0.679 bits per heavy atom. The van der Waals surface area contributed by atoms with E-state index in [1.807, 2.05) is 72.6 Å². The van der Waals surface area contributed by atoms with Crippen molar-refractivity contribution in [2.24, 2.45) is 0 Å². The van der Waals surface area contributed by atoms with E-state index < -0.39 is 14.5 Å². The van der Waals surface area contributed by atoms with Gasteiger partial charge in [0.2, 0.25) is 0 Å². The molecular formula is C30H34B2F8FeN12OS2. The zero-order valence-corrected chi connectivity index (χ0v) is 31.8. The molecule has 0 radical (unpaired) electrons. The van der Waals surface area contributed by atoms with Crippen LogP contribution in [-0.2, 0) is 17.1 Å². The minimum absolute atomic E-state index is 0. The molecule has 8 rings (SSSR count). The normalized spacial score (nSPS) is 14.1. The van der Waals surface area contributed by atoms with E-state index in [9.17, 15) is 34.5 Å². The zero-order chi connectivity index (χ0) is 38.6. The standard InChI is InChI=1S/2C15H16N6S.2BF4.Fe.H2O/c2*1-3-16-20(5-1)14-11-13(19-7-9-22-10-8-19)12-15(18-14)21-6-2-4-17-21;2*2-1(3,4)5;;/h2*1-6,11-12H,7-10H2;;;;1H2/q;;2*-1;+2;. The Labute approximate surface area is 334 Å². The minimum Gasteiger partial charge on any atom is -0.418 e. The summed E-state index contributed by atoms with van der Waals surface area (Å²) < 4.78 is 85.1. The van der Waals surface area contributed by atoms with Crippen molar-refractivity contribution in [3.8, 4) is 23.3 Å². The van der Waals surface area contributed by atoms with Crippen molar-refractivity contribution in [1.29, 1.82) is 0 Å². The number of rotatable bonds is 6. The molecule has 2 fully saturated rings. The van der Waals surface area contributed by atoms with Gasteiger partial charge in [-0.2, -0.15) is 43.9 Å². The third-order valence-electron chi connectivity index (χ3n) is 7.28. The third kappa shape index (κ3) is 15.2. The first kappa shape index (κ1) is 45.9. The van der Waals surface area contributed by atoms with Crippen LogP contribution in [0.5, 0.6) is 0 Å². The van der Waals surface area contributed by atoms with E-state index in [2.05, 4.69) is 64.4 Å². The van der Waals surface area contributed by atoms with Gasteiger partial charge in [0.05, 0.1) is 0 Å². The van der Waals surface area contributed by atoms with Gasteiger partial charge in [-0.15, -0.1) is 0 Å². The molecule has 6 aromatic heterocycles. The number of aromatic nitrogens is 10. The number of pyridine rings is 2. The summed E-state index contributed by atoms with van der Waals surface area (Å²) in [6.07, 6.45) is 14.7. The summed E-state index contributed by atoms with van der Waals surface area (Å²) in [6, 6.07) is 16.0. The van der Waals surface area contributed by atoms with Gasteiger partial charge in [0, 0.05) is 134 Å². The molecule has 13 nitrogen and oxygen atoms in total. The fourth-order valence-corrected chi connectivity index (χ4v) is 6.88. The van der Waals surface area contributed by atoms with E-state index in [4.69, 9.17) is 0 Å². The van der Waals surface area contributed by atoms with Gasteiger partial charge >= 0.3 is 31.6 Å². The number of halogens is 8. The van der Waals surface area contributed by atoms with Gasteiger partial charge in [0.1, 0.15) is 0 Å². The summed E-state index contributed by atoms with van der Waals surface area (Å²) in [5, 5.41) is 17.2. The van der Waals surface area contributed by atoms with Crippen LogP contribution in [0.15, 0.2) is 98.1 Å². The van der Waals surface area contributed by atoms with Gasteiger partial charge < -0.3 is 49.8 Å². The molecule has 0 bridgehead atoms. The van der Waals surface area contributed by atoms with Crippen molar-refractivity contribution >= 4 is 49.4 Å². The van der Waals surface area contributed by atoms with Crippen LogP contribution in [-0.4, -0.2) is 118 Å². The first-order valence-electron chi connectivity index (χ1n) is 16.2. The summed E-state index contributed by atoms with van der Waals surface area (Å²) in [6.45, 7) is 4.25. The minimum atomic E-state index is -6.00. The fourth-order valence-electron chi connectivity index (χ4n) is 5.07. The van der Waals surface area contributed by atoms with Crippen molar-refractivity contribution in [1.82, 2.24) is 49.1 Å². The number of thioether (sulfide) groups is 2. The molecule has 0 saturated carbocycles. The van der Waals surface area contributed by atoms with Crippen LogP contribution in [0.1, 0.15) is 0 Å². The average Bonchev–Trinajstić information content (AvgIpc) is 3.99. The summed E-state index contributed by atoms with van der Waals surface area (Å²) in [7, 11) is -12.0. The van der Waals surface area contributed by atoms with Crippen molar-refractivity contribution in [2.75, 3.05) is 59.0 Å². The topological polar surface area (TPSA) is 135 Å². The molecule has 2 aliphatic rings. The third-order valence-corrected chi connectivity index (χ3v) is 9.16. The van der Waals surface area contributed by atoms with E-state index >= 15 is 0 Å². The number of hydrogen-bond acceptors (Lipinski definition) is 10. The molecule has 2 saturated heterocycles. The molecule has 0 aliphatic carbocycles. The van der Waals surface area contributed by atoms with E-state index in [1.54, 1.807) is 43.5 Å². The molecule has 0 atom stereocenters. The molecule has 0 amide bonds. The zero-order valence-electron chi connectivity index (χ0n) is 29.1. The summed E-state index contributed by atoms with van der Waals surface area (Å²) in [4.78, 5) is 14.2. The molecule has 6 aromatic rings. The van der Waals surface area contributed by atoms with Gasteiger partial charge in [0.25, 0.3) is 0 Å². The SMILES string of the molecule is F[B-](F)(F)F.F[B-](F)(F)F.O.[Fe+2].c1cnn(-c2cc(N3CCSCC3)cc(-n3cccn3)n2)c1.c1cnn(-c2cc(N3CCSCC3)cc(-n3cccn3)n2)c1. The average molecular weight is 872 g/mol. The summed E-state index contributed by atoms with van der Waals surface area (Å²) in [5.41, 5.74) is 2.35. The van der Waals surface area contributed by atoms with E-state index in [1.165, 1.54) is 11.4 Å². The second-order valence-electron chi connectivity index (χ2n) is 11.1. The molecule has 8 heterocycles. The smallest absolute Gasteiger partial charge is 0.418 e. The molecule has 0 spiro atoms. The molecule has 26 heteroatoms. The summed E-state index contributed by atoms with van der Waals surface area (Å²) >= 11 is 4.01. The number of nitrogens with zero attached hydrogens (tertiary/aromatic N) is 12. The first-order valence-corrected chi connectivity index (χ1v) is 18.6.